The summed E-state index contributed by atoms with van der Waals surface area (Å²) in [4.78, 5) is 27.6. The standard InChI is InChI=1S/C23H29N3O2/c1-17-10-8-9-15-26(17)16-22(27)25-21-14-7-6-13-20(21)23(28)24-18(2)19-11-4-3-5-12-19/h3-7,11-14,17-18H,8-10,15-16H2,1-2H3,(H,24,28)(H,25,27). The monoisotopic (exact) mass is 379 g/mol. The fraction of sp³-hybridized carbons (Fsp3) is 0.391. The fourth-order valence-corrected chi connectivity index (χ4v) is 3.66. The van der Waals surface area contributed by atoms with Gasteiger partial charge in [-0.1, -0.05) is 48.9 Å². The highest BCUT2D eigenvalue weighted by atomic mass is 16.2. The summed E-state index contributed by atoms with van der Waals surface area (Å²) in [6.45, 7) is 5.42. The van der Waals surface area contributed by atoms with E-state index in [0.717, 1.165) is 24.9 Å². The number of amides is 2. The van der Waals surface area contributed by atoms with Gasteiger partial charge in [-0.25, -0.2) is 0 Å². The molecule has 5 heteroatoms. The molecule has 0 bridgehead atoms. The van der Waals surface area contributed by atoms with Gasteiger partial charge in [0.05, 0.1) is 23.8 Å². The third-order valence-corrected chi connectivity index (χ3v) is 5.38. The van der Waals surface area contributed by atoms with Crippen molar-refractivity contribution in [1.29, 1.82) is 0 Å². The molecule has 1 aliphatic rings. The zero-order valence-electron chi connectivity index (χ0n) is 16.7. The van der Waals surface area contributed by atoms with E-state index in [1.165, 1.54) is 6.42 Å². The first-order valence-electron chi connectivity index (χ1n) is 10.0. The number of benzene rings is 2. The van der Waals surface area contributed by atoms with Gasteiger partial charge in [0.15, 0.2) is 0 Å². The van der Waals surface area contributed by atoms with Crippen LogP contribution in [0.25, 0.3) is 0 Å². The van der Waals surface area contributed by atoms with Crippen molar-refractivity contribution in [2.24, 2.45) is 0 Å². The van der Waals surface area contributed by atoms with E-state index in [1.54, 1.807) is 12.1 Å². The molecule has 0 radical (unpaired) electrons. The second kappa shape index (κ2) is 9.51. The Hall–Kier alpha value is -2.66. The molecule has 28 heavy (non-hydrogen) atoms. The van der Waals surface area contributed by atoms with Gasteiger partial charge in [0.1, 0.15) is 0 Å². The van der Waals surface area contributed by atoms with Crippen LogP contribution >= 0.6 is 0 Å². The predicted molar refractivity (Wildman–Crippen MR) is 112 cm³/mol. The first-order valence-corrected chi connectivity index (χ1v) is 10.0. The first kappa shape index (κ1) is 20.1. The van der Waals surface area contributed by atoms with E-state index < -0.39 is 0 Å². The highest BCUT2D eigenvalue weighted by Crippen LogP contribution is 2.19. The van der Waals surface area contributed by atoms with E-state index in [0.29, 0.717) is 23.8 Å². The summed E-state index contributed by atoms with van der Waals surface area (Å²) in [7, 11) is 0. The maximum absolute atomic E-state index is 12.8. The Morgan fingerprint density at radius 1 is 1.07 bits per heavy atom. The Labute approximate surface area is 167 Å². The van der Waals surface area contributed by atoms with Crippen molar-refractivity contribution in [2.75, 3.05) is 18.4 Å². The van der Waals surface area contributed by atoms with Crippen LogP contribution in [-0.4, -0.2) is 35.8 Å². The van der Waals surface area contributed by atoms with Crippen molar-refractivity contribution in [2.45, 2.75) is 45.2 Å². The summed E-state index contributed by atoms with van der Waals surface area (Å²) in [5, 5.41) is 5.94. The summed E-state index contributed by atoms with van der Waals surface area (Å²) in [5.74, 6) is -0.274. The van der Waals surface area contributed by atoms with Crippen LogP contribution in [0.4, 0.5) is 5.69 Å². The van der Waals surface area contributed by atoms with E-state index in [1.807, 2.05) is 49.4 Å². The lowest BCUT2D eigenvalue weighted by atomic mass is 10.0. The topological polar surface area (TPSA) is 61.4 Å². The van der Waals surface area contributed by atoms with E-state index in [4.69, 9.17) is 0 Å². The number of carbonyl (C=O) groups excluding carboxylic acids is 2. The van der Waals surface area contributed by atoms with Crippen molar-refractivity contribution in [3.8, 4) is 0 Å². The van der Waals surface area contributed by atoms with Gasteiger partial charge in [0.2, 0.25) is 5.91 Å². The average molecular weight is 380 g/mol. The quantitative estimate of drug-likeness (QED) is 0.798. The highest BCUT2D eigenvalue weighted by molar-refractivity contribution is 6.04. The molecule has 1 saturated heterocycles. The maximum Gasteiger partial charge on any atom is 0.253 e. The number of carbonyl (C=O) groups is 2. The van der Waals surface area contributed by atoms with Crippen molar-refractivity contribution in [3.05, 3.63) is 65.7 Å². The molecule has 2 unspecified atom stereocenters. The molecule has 3 rings (SSSR count). The molecule has 1 aliphatic heterocycles. The number of likely N-dealkylation sites (tertiary alicyclic amines) is 1. The number of hydrogen-bond donors (Lipinski definition) is 2. The molecule has 0 spiro atoms. The molecular weight excluding hydrogens is 350 g/mol. The van der Waals surface area contributed by atoms with Crippen LogP contribution in [0.3, 0.4) is 0 Å². The van der Waals surface area contributed by atoms with E-state index in [-0.39, 0.29) is 17.9 Å². The van der Waals surface area contributed by atoms with Crippen LogP contribution in [0, 0.1) is 0 Å². The molecule has 0 aliphatic carbocycles. The van der Waals surface area contributed by atoms with Gasteiger partial charge in [-0.2, -0.15) is 0 Å². The van der Waals surface area contributed by atoms with E-state index >= 15 is 0 Å². The summed E-state index contributed by atoms with van der Waals surface area (Å²) in [6, 6.07) is 17.3. The normalized spacial score (nSPS) is 18.3. The Kier molecular flexibility index (Phi) is 6.82. The molecule has 1 heterocycles. The smallest absolute Gasteiger partial charge is 0.253 e. The van der Waals surface area contributed by atoms with Crippen LogP contribution in [-0.2, 0) is 4.79 Å². The zero-order chi connectivity index (χ0) is 19.9. The van der Waals surface area contributed by atoms with E-state index in [2.05, 4.69) is 22.5 Å². The summed E-state index contributed by atoms with van der Waals surface area (Å²) >= 11 is 0. The average Bonchev–Trinajstić information content (AvgIpc) is 2.70. The molecule has 2 aromatic rings. The zero-order valence-corrected chi connectivity index (χ0v) is 16.7. The van der Waals surface area contributed by atoms with Gasteiger partial charge < -0.3 is 10.6 Å². The minimum atomic E-state index is -0.196. The third kappa shape index (κ3) is 5.20. The lowest BCUT2D eigenvalue weighted by molar-refractivity contribution is -0.118. The van der Waals surface area contributed by atoms with Gasteiger partial charge >= 0.3 is 0 Å². The molecule has 1 fully saturated rings. The van der Waals surface area contributed by atoms with Crippen LogP contribution in [0.15, 0.2) is 54.6 Å². The molecule has 0 saturated carbocycles. The number of nitrogens with one attached hydrogen (secondary N) is 2. The Bertz CT molecular complexity index is 807. The Morgan fingerprint density at radius 2 is 1.79 bits per heavy atom. The second-order valence-corrected chi connectivity index (χ2v) is 7.51. The molecular formula is C23H29N3O2. The molecule has 2 N–H and O–H groups in total. The molecule has 2 atom stereocenters. The van der Waals surface area contributed by atoms with Crippen LogP contribution in [0.5, 0.6) is 0 Å². The molecule has 5 nitrogen and oxygen atoms in total. The number of hydrogen-bond acceptors (Lipinski definition) is 3. The first-order chi connectivity index (χ1) is 13.5. The molecule has 2 amide bonds. The fourth-order valence-electron chi connectivity index (χ4n) is 3.66. The number of para-hydroxylation sites is 1. The predicted octanol–water partition coefficient (Wildman–Crippen LogP) is 3.99. The number of piperidine rings is 1. The Morgan fingerprint density at radius 3 is 2.54 bits per heavy atom. The van der Waals surface area contributed by atoms with Gasteiger partial charge in [-0.15, -0.1) is 0 Å². The summed E-state index contributed by atoms with van der Waals surface area (Å²) in [5.41, 5.74) is 2.07. The highest BCUT2D eigenvalue weighted by Gasteiger charge is 2.21. The Balaban J connectivity index is 1.65. The van der Waals surface area contributed by atoms with Crippen LogP contribution in [0.1, 0.15) is 55.1 Å². The number of nitrogens with zero attached hydrogens (tertiary/aromatic N) is 1. The minimum Gasteiger partial charge on any atom is -0.345 e. The van der Waals surface area contributed by atoms with E-state index in [9.17, 15) is 9.59 Å². The molecule has 0 aromatic heterocycles. The summed E-state index contributed by atoms with van der Waals surface area (Å²) < 4.78 is 0. The van der Waals surface area contributed by atoms with Crippen molar-refractivity contribution in [3.63, 3.8) is 0 Å². The van der Waals surface area contributed by atoms with Crippen molar-refractivity contribution in [1.82, 2.24) is 10.2 Å². The molecule has 148 valence electrons. The van der Waals surface area contributed by atoms with Crippen LogP contribution in [0.2, 0.25) is 0 Å². The van der Waals surface area contributed by atoms with Gasteiger partial charge in [0.25, 0.3) is 5.91 Å². The molecule has 2 aromatic carbocycles. The van der Waals surface area contributed by atoms with Crippen molar-refractivity contribution < 1.29 is 9.59 Å². The number of anilines is 1. The van der Waals surface area contributed by atoms with Gasteiger partial charge in [-0.05, 0) is 50.9 Å². The van der Waals surface area contributed by atoms with Crippen LogP contribution < -0.4 is 10.6 Å². The maximum atomic E-state index is 12.8. The lowest BCUT2D eigenvalue weighted by Crippen LogP contribution is -2.42. The lowest BCUT2D eigenvalue weighted by Gasteiger charge is -2.32. The van der Waals surface area contributed by atoms with Gasteiger partial charge in [-0.3, -0.25) is 14.5 Å². The number of rotatable bonds is 6. The third-order valence-electron chi connectivity index (χ3n) is 5.38. The minimum absolute atomic E-state index is 0.0786. The van der Waals surface area contributed by atoms with Crippen molar-refractivity contribution >= 4 is 17.5 Å². The van der Waals surface area contributed by atoms with Gasteiger partial charge in [0, 0.05) is 6.04 Å². The summed E-state index contributed by atoms with van der Waals surface area (Å²) in [6.07, 6.45) is 3.49. The second-order valence-electron chi connectivity index (χ2n) is 7.51. The SMILES string of the molecule is CC(NC(=O)c1ccccc1NC(=O)CN1CCCCC1C)c1ccccc1. The largest absolute Gasteiger partial charge is 0.345 e.